The Morgan fingerprint density at radius 2 is 2.35 bits per heavy atom. The first-order chi connectivity index (χ1) is 7.96. The van der Waals surface area contributed by atoms with E-state index in [9.17, 15) is 14.2 Å². The summed E-state index contributed by atoms with van der Waals surface area (Å²) in [5.74, 6) is 0. The molecule has 0 amide bonds. The van der Waals surface area contributed by atoms with Crippen molar-refractivity contribution in [2.45, 2.75) is 12.6 Å². The number of hydrogen-bond donors (Lipinski definition) is 2. The van der Waals surface area contributed by atoms with Gasteiger partial charge < -0.3 is 14.2 Å². The Morgan fingerprint density at radius 3 is 2.94 bits per heavy atom. The highest BCUT2D eigenvalue weighted by molar-refractivity contribution is 7.52. The molecule has 0 radical (unpaired) electrons. The molecule has 0 aliphatic carbocycles. The molecular weight excluding hydrogens is 251 g/mol. The molecule has 0 spiro atoms. The van der Waals surface area contributed by atoms with Crippen molar-refractivity contribution in [1.82, 2.24) is 9.55 Å². The minimum atomic E-state index is -3.62. The second-order valence-electron chi connectivity index (χ2n) is 3.61. The van der Waals surface area contributed by atoms with Crippen molar-refractivity contribution in [2.75, 3.05) is 13.0 Å². The van der Waals surface area contributed by atoms with Gasteiger partial charge in [0.2, 0.25) is 0 Å². The molecule has 0 aromatic carbocycles. The van der Waals surface area contributed by atoms with Crippen LogP contribution in [0.2, 0.25) is 0 Å². The monoisotopic (exact) mass is 262 g/mol. The molecule has 1 aromatic heterocycles. The molecule has 94 valence electrons. The first kappa shape index (κ1) is 12.3. The molecule has 1 aliphatic rings. The molecular formula is C8H11N2O6P. The second-order valence-corrected chi connectivity index (χ2v) is 5.40. The molecule has 1 aliphatic heterocycles. The van der Waals surface area contributed by atoms with Gasteiger partial charge in [-0.15, -0.1) is 0 Å². The summed E-state index contributed by atoms with van der Waals surface area (Å²) >= 11 is 0. The van der Waals surface area contributed by atoms with Crippen LogP contribution in [0.25, 0.3) is 0 Å². The lowest BCUT2D eigenvalue weighted by Gasteiger charge is -2.26. The molecule has 0 bridgehead atoms. The van der Waals surface area contributed by atoms with E-state index in [1.807, 2.05) is 0 Å². The molecule has 9 heteroatoms. The third kappa shape index (κ3) is 3.13. The fourth-order valence-electron chi connectivity index (χ4n) is 1.40. The molecule has 0 saturated carbocycles. The van der Waals surface area contributed by atoms with Crippen molar-refractivity contribution in [2.24, 2.45) is 0 Å². The van der Waals surface area contributed by atoms with E-state index in [0.717, 1.165) is 0 Å². The zero-order valence-electron chi connectivity index (χ0n) is 8.74. The number of ether oxygens (including phenoxy) is 1. The maximum Gasteiger partial charge on any atom is 0.353 e. The van der Waals surface area contributed by atoms with Crippen molar-refractivity contribution in [1.29, 1.82) is 0 Å². The fourth-order valence-corrected chi connectivity index (χ4v) is 2.27. The van der Waals surface area contributed by atoms with Crippen molar-refractivity contribution in [3.8, 4) is 0 Å². The largest absolute Gasteiger partial charge is 0.361 e. The van der Waals surface area contributed by atoms with Gasteiger partial charge in [-0.2, -0.15) is 0 Å². The number of nitrogens with zero attached hydrogens (tertiary/aromatic N) is 1. The fraction of sp³-hybridized carbons (Fsp3) is 0.500. The SMILES string of the molecule is O=c1ccn(C[C@H]2COP(=O)(O)CO2)c(=O)[nH]1. The van der Waals surface area contributed by atoms with Crippen LogP contribution in [0.5, 0.6) is 0 Å². The highest BCUT2D eigenvalue weighted by Gasteiger charge is 2.29. The van der Waals surface area contributed by atoms with E-state index in [0.29, 0.717) is 0 Å². The van der Waals surface area contributed by atoms with Gasteiger partial charge in [0, 0.05) is 12.3 Å². The topological polar surface area (TPSA) is 111 Å². The van der Waals surface area contributed by atoms with Gasteiger partial charge >= 0.3 is 13.3 Å². The van der Waals surface area contributed by atoms with Gasteiger partial charge in [-0.3, -0.25) is 18.9 Å². The van der Waals surface area contributed by atoms with E-state index in [1.165, 1.54) is 16.8 Å². The van der Waals surface area contributed by atoms with E-state index in [2.05, 4.69) is 4.98 Å². The van der Waals surface area contributed by atoms with Gasteiger partial charge in [0.05, 0.1) is 13.2 Å². The van der Waals surface area contributed by atoms with Crippen molar-refractivity contribution in [3.05, 3.63) is 33.1 Å². The first-order valence-corrected chi connectivity index (χ1v) is 6.60. The average molecular weight is 262 g/mol. The summed E-state index contributed by atoms with van der Waals surface area (Å²) in [6, 6.07) is 1.21. The molecule has 8 nitrogen and oxygen atoms in total. The minimum Gasteiger partial charge on any atom is -0.361 e. The highest BCUT2D eigenvalue weighted by atomic mass is 31.2. The Balaban J connectivity index is 2.05. The summed E-state index contributed by atoms with van der Waals surface area (Å²) in [6.07, 6.45) is 0.445. The maximum atomic E-state index is 11.3. The Labute approximate surface area is 95.3 Å². The minimum absolute atomic E-state index is 0.0701. The number of H-pyrrole nitrogens is 1. The van der Waals surface area contributed by atoms with Crippen LogP contribution in [-0.2, 0) is 20.4 Å². The smallest absolute Gasteiger partial charge is 0.353 e. The molecule has 2 rings (SSSR count). The quantitative estimate of drug-likeness (QED) is 0.668. The van der Waals surface area contributed by atoms with Crippen LogP contribution < -0.4 is 11.2 Å². The third-order valence-corrected chi connectivity index (χ3v) is 3.26. The lowest BCUT2D eigenvalue weighted by molar-refractivity contribution is -0.00862. The Kier molecular flexibility index (Phi) is 3.30. The molecule has 1 fully saturated rings. The first-order valence-electron chi connectivity index (χ1n) is 4.84. The van der Waals surface area contributed by atoms with E-state index in [1.54, 1.807) is 0 Å². The van der Waals surface area contributed by atoms with Crippen molar-refractivity contribution in [3.63, 3.8) is 0 Å². The van der Waals surface area contributed by atoms with Crippen LogP contribution in [0, 0.1) is 0 Å². The summed E-state index contributed by atoms with van der Waals surface area (Å²) in [6.45, 7) is 0.0783. The Morgan fingerprint density at radius 1 is 1.59 bits per heavy atom. The Bertz CT molecular complexity index is 552. The van der Waals surface area contributed by atoms with Crippen LogP contribution in [0.1, 0.15) is 0 Å². The van der Waals surface area contributed by atoms with Crippen LogP contribution >= 0.6 is 7.60 Å². The zero-order valence-corrected chi connectivity index (χ0v) is 9.63. The zero-order chi connectivity index (χ0) is 12.5. The van der Waals surface area contributed by atoms with E-state index in [-0.39, 0.29) is 13.2 Å². The summed E-state index contributed by atoms with van der Waals surface area (Å²) in [4.78, 5) is 33.3. The molecule has 2 heterocycles. The predicted octanol–water partition coefficient (Wildman–Crippen LogP) is -0.905. The van der Waals surface area contributed by atoms with E-state index < -0.39 is 31.3 Å². The normalized spacial score (nSPS) is 29.1. The Hall–Kier alpha value is -1.21. The highest BCUT2D eigenvalue weighted by Crippen LogP contribution is 2.44. The number of rotatable bonds is 2. The van der Waals surface area contributed by atoms with Crippen molar-refractivity contribution >= 4 is 7.60 Å². The van der Waals surface area contributed by atoms with Crippen LogP contribution in [0.15, 0.2) is 21.9 Å². The second kappa shape index (κ2) is 4.58. The van der Waals surface area contributed by atoms with E-state index in [4.69, 9.17) is 14.2 Å². The number of hydrogen-bond acceptors (Lipinski definition) is 5. The van der Waals surface area contributed by atoms with Gasteiger partial charge in [0.15, 0.2) is 0 Å². The molecule has 17 heavy (non-hydrogen) atoms. The molecule has 1 saturated heterocycles. The van der Waals surface area contributed by atoms with Crippen LogP contribution in [0.3, 0.4) is 0 Å². The molecule has 1 aromatic rings. The van der Waals surface area contributed by atoms with Gasteiger partial charge in [0.25, 0.3) is 5.56 Å². The van der Waals surface area contributed by atoms with Gasteiger partial charge in [-0.25, -0.2) is 4.79 Å². The predicted molar refractivity (Wildman–Crippen MR) is 56.8 cm³/mol. The summed E-state index contributed by atoms with van der Waals surface area (Å²) < 4.78 is 22.1. The van der Waals surface area contributed by atoms with Crippen LogP contribution in [0.4, 0.5) is 0 Å². The number of aromatic nitrogens is 2. The van der Waals surface area contributed by atoms with Crippen LogP contribution in [-0.4, -0.2) is 33.5 Å². The molecule has 2 N–H and O–H groups in total. The standard InChI is InChI=1S/C8H11N2O6P/c11-7-1-2-10(8(12)9-7)3-6-4-16-17(13,14)5-15-6/h1-2,6H,3-5H2,(H,13,14)(H,9,11,12)/t6-/m0/s1. The maximum absolute atomic E-state index is 11.3. The number of aromatic amines is 1. The average Bonchev–Trinajstić information content (AvgIpc) is 2.25. The lowest BCUT2D eigenvalue weighted by atomic mass is 10.3. The lowest BCUT2D eigenvalue weighted by Crippen LogP contribution is -2.36. The van der Waals surface area contributed by atoms with E-state index >= 15 is 0 Å². The summed E-state index contributed by atoms with van der Waals surface area (Å²) in [7, 11) is -3.62. The van der Waals surface area contributed by atoms with Gasteiger partial charge in [0.1, 0.15) is 12.5 Å². The third-order valence-electron chi connectivity index (χ3n) is 2.23. The van der Waals surface area contributed by atoms with Crippen molar-refractivity contribution < 1.29 is 18.7 Å². The molecule has 1 unspecified atom stereocenters. The molecule has 2 atom stereocenters. The summed E-state index contributed by atoms with van der Waals surface area (Å²) in [5, 5.41) is 0. The summed E-state index contributed by atoms with van der Waals surface area (Å²) in [5.41, 5.74) is -1.04. The van der Waals surface area contributed by atoms with Gasteiger partial charge in [-0.1, -0.05) is 0 Å². The number of nitrogens with one attached hydrogen (secondary N) is 1. The van der Waals surface area contributed by atoms with Gasteiger partial charge in [-0.05, 0) is 0 Å².